The average Bonchev–Trinajstić information content (AvgIpc) is 1.51. The number of fused-ring (bicyclic) bond motifs is 16. The number of halogens is 3. The van der Waals surface area contributed by atoms with Crippen molar-refractivity contribution in [2.24, 2.45) is 0 Å². The summed E-state index contributed by atoms with van der Waals surface area (Å²) in [4.78, 5) is 6.99. The molecule has 0 saturated carbocycles. The van der Waals surface area contributed by atoms with E-state index in [0.29, 0.717) is 0 Å². The molecule has 0 saturated heterocycles. The largest absolute Gasteiger partial charge is 0.456 e. The van der Waals surface area contributed by atoms with E-state index >= 15 is 0 Å². The Balaban J connectivity index is 0.000000115. The number of furan rings is 1. The molecule has 528 valence electrons. The van der Waals surface area contributed by atoms with Crippen LogP contribution in [0.2, 0.25) is 0 Å². The zero-order chi connectivity index (χ0) is 74.4. The molecule has 21 rings (SSSR count). The second kappa shape index (κ2) is 29.9. The zero-order valence-corrected chi connectivity index (χ0v) is 65.6. The van der Waals surface area contributed by atoms with E-state index in [1.165, 1.54) is 98.1 Å². The SMILES string of the molecule is Brc1ccc(N(c2ccc(-c3ccccc3)cc2)c2ccc3c(c2)C2(c4ccccc4-c4ccccc42)c2ccccc2-3)cc1.Brc1ccc(N(c2ccc(-c3ccccc3)cc2)c2ccc3oc4ccccc4c3c2)cc1.Brc1ccc(N(c2ccc(-c3ccccc3)cc2)c2ccc3sc4ccccc4c3c2)cc1. The number of hydrogen-bond donors (Lipinski definition) is 0. The summed E-state index contributed by atoms with van der Waals surface area (Å²) >= 11 is 12.6. The van der Waals surface area contributed by atoms with Gasteiger partial charge in [0.2, 0.25) is 0 Å². The third-order valence-corrected chi connectivity index (χ3v) is 24.2. The molecule has 1 spiro atoms. The minimum Gasteiger partial charge on any atom is -0.456 e. The topological polar surface area (TPSA) is 22.9 Å². The molecule has 0 unspecified atom stereocenters. The minimum absolute atomic E-state index is 0.377. The van der Waals surface area contributed by atoms with Gasteiger partial charge >= 0.3 is 0 Å². The standard InChI is InChI=1S/C43H28BrN.C30H20BrNO.C30H20BrNS/c44-31-20-24-33(25-21-31)45(32-22-18-30(19-23-32)29-10-2-1-3-11-29)34-26-27-38-37-14-6-9-17-41(37)43(42(38)28-34)39-15-7-4-12-35(39)36-13-5-8-16-40(36)43;2*31-23-12-16-25(17-13-23)32(24-14-10-22(11-15-24)21-6-2-1-3-7-21)26-18-19-30-28(20-26)27-8-4-5-9-29(27)33-30/h1-28H;2*1-20H. The first-order valence-electron chi connectivity index (χ1n) is 37.2. The van der Waals surface area contributed by atoms with E-state index in [1.54, 1.807) is 0 Å². The van der Waals surface area contributed by atoms with Crippen LogP contribution in [0.5, 0.6) is 0 Å². The number of hydrogen-bond acceptors (Lipinski definition) is 5. The smallest absolute Gasteiger partial charge is 0.135 e. The van der Waals surface area contributed by atoms with Gasteiger partial charge in [0.25, 0.3) is 0 Å². The van der Waals surface area contributed by atoms with Crippen LogP contribution in [0.4, 0.5) is 51.2 Å². The van der Waals surface area contributed by atoms with E-state index in [0.717, 1.165) is 86.5 Å². The summed E-state index contributed by atoms with van der Waals surface area (Å²) in [6, 6.07) is 148. The van der Waals surface area contributed by atoms with Gasteiger partial charge in [-0.1, -0.05) is 290 Å². The maximum absolute atomic E-state index is 6.05. The molecule has 19 aromatic rings. The molecule has 2 aliphatic rings. The molecule has 4 nitrogen and oxygen atoms in total. The molecular formula is C103H68Br3N3OS. The summed E-state index contributed by atoms with van der Waals surface area (Å²) in [6.07, 6.45) is 0. The molecule has 0 radical (unpaired) electrons. The Morgan fingerprint density at radius 1 is 0.207 bits per heavy atom. The lowest BCUT2D eigenvalue weighted by atomic mass is 9.70. The fourth-order valence-corrected chi connectivity index (χ4v) is 18.2. The number of anilines is 9. The summed E-state index contributed by atoms with van der Waals surface area (Å²) in [5.41, 5.74) is 29.5. The molecular weight excluding hydrogens is 1570 g/mol. The normalized spacial score (nSPS) is 12.0. The highest BCUT2D eigenvalue weighted by molar-refractivity contribution is 9.11. The summed E-state index contributed by atoms with van der Waals surface area (Å²) in [5, 5.41) is 4.86. The van der Waals surface area contributed by atoms with Gasteiger partial charge in [-0.25, -0.2) is 0 Å². The van der Waals surface area contributed by atoms with Crippen LogP contribution >= 0.6 is 59.1 Å². The summed E-state index contributed by atoms with van der Waals surface area (Å²) in [7, 11) is 0. The maximum Gasteiger partial charge on any atom is 0.135 e. The van der Waals surface area contributed by atoms with Gasteiger partial charge in [-0.05, 0) is 248 Å². The first-order valence-corrected chi connectivity index (χ1v) is 40.4. The van der Waals surface area contributed by atoms with Crippen LogP contribution in [0.15, 0.2) is 430 Å². The highest BCUT2D eigenvalue weighted by Gasteiger charge is 2.51. The van der Waals surface area contributed by atoms with Crippen molar-refractivity contribution in [1.82, 2.24) is 0 Å². The van der Waals surface area contributed by atoms with Crippen LogP contribution in [-0.2, 0) is 5.41 Å². The van der Waals surface area contributed by atoms with Gasteiger partial charge in [-0.3, -0.25) is 0 Å². The van der Waals surface area contributed by atoms with Crippen molar-refractivity contribution in [3.8, 4) is 55.6 Å². The average molecular weight is 1640 g/mol. The first kappa shape index (κ1) is 69.1. The lowest BCUT2D eigenvalue weighted by molar-refractivity contribution is 0.669. The molecule has 0 N–H and O–H groups in total. The third kappa shape index (κ3) is 13.0. The van der Waals surface area contributed by atoms with E-state index in [4.69, 9.17) is 4.42 Å². The van der Waals surface area contributed by atoms with Crippen molar-refractivity contribution in [1.29, 1.82) is 0 Å². The summed E-state index contributed by atoms with van der Waals surface area (Å²) in [5.74, 6) is 0. The highest BCUT2D eigenvalue weighted by atomic mass is 79.9. The van der Waals surface area contributed by atoms with Crippen molar-refractivity contribution >= 4 is 152 Å². The Morgan fingerprint density at radius 2 is 0.505 bits per heavy atom. The molecule has 2 aliphatic carbocycles. The van der Waals surface area contributed by atoms with Gasteiger partial charge in [0, 0.05) is 95.5 Å². The van der Waals surface area contributed by atoms with Gasteiger partial charge in [0.05, 0.1) is 5.41 Å². The van der Waals surface area contributed by atoms with Crippen molar-refractivity contribution in [3.63, 3.8) is 0 Å². The Kier molecular flexibility index (Phi) is 18.6. The third-order valence-electron chi connectivity index (χ3n) is 21.4. The predicted octanol–water partition coefficient (Wildman–Crippen LogP) is 31.4. The van der Waals surface area contributed by atoms with Gasteiger partial charge in [0.15, 0.2) is 0 Å². The van der Waals surface area contributed by atoms with Crippen LogP contribution in [0.25, 0.3) is 97.7 Å². The number of nitrogens with zero attached hydrogens (tertiary/aromatic N) is 3. The quantitative estimate of drug-likeness (QED) is 0.122. The number of para-hydroxylation sites is 1. The van der Waals surface area contributed by atoms with Crippen molar-refractivity contribution in [2.75, 3.05) is 14.7 Å². The van der Waals surface area contributed by atoms with Gasteiger partial charge in [-0.2, -0.15) is 0 Å². The Labute approximate surface area is 675 Å². The van der Waals surface area contributed by atoms with Crippen LogP contribution < -0.4 is 14.7 Å². The highest BCUT2D eigenvalue weighted by Crippen LogP contribution is 2.63. The van der Waals surface area contributed by atoms with Crippen molar-refractivity contribution in [3.05, 3.63) is 448 Å². The van der Waals surface area contributed by atoms with Gasteiger partial charge < -0.3 is 19.1 Å². The Hall–Kier alpha value is -12.4. The number of benzene rings is 17. The lowest BCUT2D eigenvalue weighted by Crippen LogP contribution is -2.26. The van der Waals surface area contributed by atoms with Crippen molar-refractivity contribution in [2.45, 2.75) is 5.41 Å². The minimum atomic E-state index is -0.377. The molecule has 8 heteroatoms. The van der Waals surface area contributed by atoms with E-state index in [-0.39, 0.29) is 5.41 Å². The van der Waals surface area contributed by atoms with E-state index in [2.05, 4.69) is 457 Å². The fraction of sp³-hybridized carbons (Fsp3) is 0.00971. The molecule has 111 heavy (non-hydrogen) atoms. The van der Waals surface area contributed by atoms with E-state index in [9.17, 15) is 0 Å². The van der Waals surface area contributed by atoms with Crippen LogP contribution in [0.1, 0.15) is 22.3 Å². The molecule has 0 atom stereocenters. The van der Waals surface area contributed by atoms with E-state index in [1.807, 2.05) is 29.5 Å². The van der Waals surface area contributed by atoms with Crippen LogP contribution in [0.3, 0.4) is 0 Å². The Bertz CT molecular complexity index is 6280. The summed E-state index contributed by atoms with van der Waals surface area (Å²) < 4.78 is 11.9. The number of thiophene rings is 1. The van der Waals surface area contributed by atoms with Crippen LogP contribution in [0, 0.1) is 0 Å². The van der Waals surface area contributed by atoms with Crippen molar-refractivity contribution < 1.29 is 4.42 Å². The summed E-state index contributed by atoms with van der Waals surface area (Å²) in [6.45, 7) is 0. The van der Waals surface area contributed by atoms with E-state index < -0.39 is 0 Å². The number of rotatable bonds is 12. The molecule has 0 aliphatic heterocycles. The predicted molar refractivity (Wildman–Crippen MR) is 479 cm³/mol. The fourth-order valence-electron chi connectivity index (χ4n) is 16.3. The maximum atomic E-state index is 6.05. The Morgan fingerprint density at radius 3 is 0.946 bits per heavy atom. The molecule has 17 aromatic carbocycles. The molecule has 0 fully saturated rings. The molecule has 2 heterocycles. The second-order valence-corrected chi connectivity index (χ2v) is 31.7. The monoisotopic (exact) mass is 1630 g/mol. The van der Waals surface area contributed by atoms with Gasteiger partial charge in [0.1, 0.15) is 11.2 Å². The van der Waals surface area contributed by atoms with Crippen LogP contribution in [-0.4, -0.2) is 0 Å². The first-order chi connectivity index (χ1) is 54.7. The zero-order valence-electron chi connectivity index (χ0n) is 60.1. The lowest BCUT2D eigenvalue weighted by Gasteiger charge is -2.32. The van der Waals surface area contributed by atoms with Gasteiger partial charge in [-0.15, -0.1) is 11.3 Å². The molecule has 0 bridgehead atoms. The molecule has 0 amide bonds. The second-order valence-electron chi connectivity index (χ2n) is 27.8. The molecule has 2 aromatic heterocycles.